The molecule has 1 amide bonds. The monoisotopic (exact) mass is 499 g/mol. The van der Waals surface area contributed by atoms with Gasteiger partial charge in [-0.1, -0.05) is 30.3 Å². The van der Waals surface area contributed by atoms with E-state index in [0.717, 1.165) is 17.7 Å². The molecule has 0 unspecified atom stereocenters. The van der Waals surface area contributed by atoms with Gasteiger partial charge in [0.2, 0.25) is 5.75 Å². The third kappa shape index (κ3) is 4.73. The number of rotatable bonds is 8. The number of benzene rings is 1. The Balaban J connectivity index is 1.60. The number of nitriles is 1. The molecule has 2 atom stereocenters. The molecule has 11 heteroatoms. The van der Waals surface area contributed by atoms with Crippen LogP contribution >= 0.6 is 0 Å². The van der Waals surface area contributed by atoms with Crippen LogP contribution in [0.3, 0.4) is 0 Å². The number of anilines is 1. The average Bonchev–Trinajstić information content (AvgIpc) is 3.34. The van der Waals surface area contributed by atoms with Crippen molar-refractivity contribution >= 4 is 11.6 Å². The molecule has 4 aromatic rings. The second-order valence-electron chi connectivity index (χ2n) is 9.30. The summed E-state index contributed by atoms with van der Waals surface area (Å²) in [5, 5.41) is 30.9. The second kappa shape index (κ2) is 9.73. The zero-order valence-electron chi connectivity index (χ0n) is 20.3. The summed E-state index contributed by atoms with van der Waals surface area (Å²) in [5.41, 5.74) is 1.18. The normalized spacial score (nSPS) is 14.6. The Morgan fingerprint density at radius 1 is 1.32 bits per heavy atom. The first kappa shape index (κ1) is 24.0. The first-order chi connectivity index (χ1) is 17.9. The van der Waals surface area contributed by atoms with Crippen molar-refractivity contribution in [2.75, 3.05) is 5.32 Å². The number of aromatic hydroxyl groups is 1. The largest absolute Gasteiger partial charge is 0.501 e. The molecule has 0 saturated heterocycles. The lowest BCUT2D eigenvalue weighted by Gasteiger charge is -2.26. The highest BCUT2D eigenvalue weighted by molar-refractivity contribution is 6.04. The van der Waals surface area contributed by atoms with Crippen molar-refractivity contribution in [2.24, 2.45) is 13.0 Å². The Hall–Kier alpha value is -4.72. The molecule has 11 nitrogen and oxygen atoms in total. The van der Waals surface area contributed by atoms with E-state index in [-0.39, 0.29) is 11.5 Å². The SMILES string of the molecule is C[C@H](c1nc(C(=O)Nc2cnoc2)c(O)c(=O)n1C)[C@H](c1cnn(CC2CC2)c1)c1ccccc1C#N. The Labute approximate surface area is 212 Å². The molecule has 188 valence electrons. The summed E-state index contributed by atoms with van der Waals surface area (Å²) in [4.78, 5) is 30.3. The van der Waals surface area contributed by atoms with Gasteiger partial charge in [-0.3, -0.25) is 18.8 Å². The van der Waals surface area contributed by atoms with E-state index in [1.165, 1.54) is 36.9 Å². The van der Waals surface area contributed by atoms with Gasteiger partial charge in [0.25, 0.3) is 11.5 Å². The fourth-order valence-electron chi connectivity index (χ4n) is 4.59. The summed E-state index contributed by atoms with van der Waals surface area (Å²) < 4.78 is 7.85. The van der Waals surface area contributed by atoms with E-state index < -0.39 is 34.7 Å². The van der Waals surface area contributed by atoms with Crippen molar-refractivity contribution in [3.8, 4) is 11.8 Å². The molecule has 5 rings (SSSR count). The molecule has 1 aliphatic carbocycles. The van der Waals surface area contributed by atoms with Crippen LogP contribution in [0.2, 0.25) is 0 Å². The summed E-state index contributed by atoms with van der Waals surface area (Å²) in [7, 11) is 1.49. The van der Waals surface area contributed by atoms with Gasteiger partial charge in [0.05, 0.1) is 24.0 Å². The van der Waals surface area contributed by atoms with Gasteiger partial charge in [0, 0.05) is 31.6 Å². The molecule has 1 saturated carbocycles. The van der Waals surface area contributed by atoms with Crippen molar-refractivity contribution in [2.45, 2.75) is 38.1 Å². The molecule has 3 heterocycles. The van der Waals surface area contributed by atoms with E-state index in [1.54, 1.807) is 18.3 Å². The van der Waals surface area contributed by atoms with E-state index in [4.69, 9.17) is 4.52 Å². The van der Waals surface area contributed by atoms with Crippen LogP contribution in [0.4, 0.5) is 5.69 Å². The van der Waals surface area contributed by atoms with Gasteiger partial charge >= 0.3 is 0 Å². The third-order valence-electron chi connectivity index (χ3n) is 6.68. The van der Waals surface area contributed by atoms with E-state index in [0.29, 0.717) is 11.5 Å². The van der Waals surface area contributed by atoms with Crippen molar-refractivity contribution in [1.82, 2.24) is 24.5 Å². The van der Waals surface area contributed by atoms with E-state index in [1.807, 2.05) is 29.9 Å². The number of hydrogen-bond acceptors (Lipinski definition) is 8. The Kier molecular flexibility index (Phi) is 6.31. The summed E-state index contributed by atoms with van der Waals surface area (Å²) in [6, 6.07) is 9.51. The maximum atomic E-state index is 13.0. The number of hydrogen-bond donors (Lipinski definition) is 2. The summed E-state index contributed by atoms with van der Waals surface area (Å²) >= 11 is 0. The molecule has 0 radical (unpaired) electrons. The van der Waals surface area contributed by atoms with Crippen LogP contribution in [0.5, 0.6) is 5.75 Å². The van der Waals surface area contributed by atoms with Crippen LogP contribution < -0.4 is 10.9 Å². The predicted molar refractivity (Wildman–Crippen MR) is 132 cm³/mol. The van der Waals surface area contributed by atoms with Gasteiger partial charge in [0.15, 0.2) is 5.69 Å². The number of carbonyl (C=O) groups excluding carboxylic acids is 1. The summed E-state index contributed by atoms with van der Waals surface area (Å²) in [6.07, 6.45) is 8.61. The van der Waals surface area contributed by atoms with E-state index >= 15 is 0 Å². The van der Waals surface area contributed by atoms with Crippen LogP contribution in [-0.4, -0.2) is 35.5 Å². The number of aromatic nitrogens is 5. The van der Waals surface area contributed by atoms with E-state index in [9.17, 15) is 20.0 Å². The van der Waals surface area contributed by atoms with Crippen molar-refractivity contribution in [3.63, 3.8) is 0 Å². The van der Waals surface area contributed by atoms with Gasteiger partial charge in [0.1, 0.15) is 17.8 Å². The smallest absolute Gasteiger partial charge is 0.296 e. The number of nitrogens with zero attached hydrogens (tertiary/aromatic N) is 6. The Morgan fingerprint density at radius 3 is 2.81 bits per heavy atom. The zero-order chi connectivity index (χ0) is 26.1. The average molecular weight is 500 g/mol. The maximum absolute atomic E-state index is 13.0. The molecule has 3 aromatic heterocycles. The molecule has 2 N–H and O–H groups in total. The molecule has 1 aromatic carbocycles. The lowest BCUT2D eigenvalue weighted by Crippen LogP contribution is -2.29. The molecular weight excluding hydrogens is 474 g/mol. The Morgan fingerprint density at radius 2 is 2.11 bits per heavy atom. The van der Waals surface area contributed by atoms with Crippen molar-refractivity contribution in [1.29, 1.82) is 5.26 Å². The lowest BCUT2D eigenvalue weighted by molar-refractivity contribution is 0.101. The van der Waals surface area contributed by atoms with Gasteiger partial charge in [-0.15, -0.1) is 0 Å². The van der Waals surface area contributed by atoms with Gasteiger partial charge in [-0.25, -0.2) is 4.98 Å². The molecule has 37 heavy (non-hydrogen) atoms. The van der Waals surface area contributed by atoms with E-state index in [2.05, 4.69) is 26.6 Å². The first-order valence-electron chi connectivity index (χ1n) is 11.9. The number of carbonyl (C=O) groups is 1. The summed E-state index contributed by atoms with van der Waals surface area (Å²) in [5.74, 6) is -1.53. The number of amides is 1. The first-order valence-corrected chi connectivity index (χ1v) is 11.9. The van der Waals surface area contributed by atoms with Crippen molar-refractivity contribution < 1.29 is 14.4 Å². The third-order valence-corrected chi connectivity index (χ3v) is 6.68. The highest BCUT2D eigenvalue weighted by Gasteiger charge is 2.32. The van der Waals surface area contributed by atoms with Crippen LogP contribution in [0.25, 0.3) is 0 Å². The minimum absolute atomic E-state index is 0.255. The molecule has 0 bridgehead atoms. The van der Waals surface area contributed by atoms with Crippen LogP contribution in [0.15, 0.2) is 58.4 Å². The minimum Gasteiger partial charge on any atom is -0.501 e. The maximum Gasteiger partial charge on any atom is 0.296 e. The summed E-state index contributed by atoms with van der Waals surface area (Å²) in [6.45, 7) is 2.70. The van der Waals surface area contributed by atoms with Gasteiger partial charge in [-0.2, -0.15) is 10.4 Å². The minimum atomic E-state index is -0.780. The Bertz CT molecular complexity index is 1540. The second-order valence-corrected chi connectivity index (χ2v) is 9.30. The van der Waals surface area contributed by atoms with Gasteiger partial charge < -0.3 is 14.9 Å². The van der Waals surface area contributed by atoms with Crippen LogP contribution in [0, 0.1) is 17.2 Å². The molecule has 1 aliphatic rings. The molecule has 0 aliphatic heterocycles. The molecule has 1 fully saturated rings. The zero-order valence-corrected chi connectivity index (χ0v) is 20.3. The number of nitrogens with one attached hydrogen (secondary N) is 1. The quantitative estimate of drug-likeness (QED) is 0.375. The topological polar surface area (TPSA) is 152 Å². The fourth-order valence-corrected chi connectivity index (χ4v) is 4.59. The van der Waals surface area contributed by atoms with Gasteiger partial charge in [-0.05, 0) is 36.0 Å². The van der Waals surface area contributed by atoms with Crippen LogP contribution in [0.1, 0.15) is 64.6 Å². The molecular formula is C26H25N7O4. The highest BCUT2D eigenvalue weighted by Crippen LogP contribution is 2.39. The lowest BCUT2D eigenvalue weighted by atomic mass is 9.80. The van der Waals surface area contributed by atoms with Crippen molar-refractivity contribution in [3.05, 3.63) is 87.7 Å². The predicted octanol–water partition coefficient (Wildman–Crippen LogP) is 3.14. The highest BCUT2D eigenvalue weighted by atomic mass is 16.5. The fraction of sp³-hybridized carbons (Fsp3) is 0.308. The standard InChI is InChI=1S/C26H25N7O4/c1-15(24-31-22(23(34)26(36)32(24)2)25(35)30-19-11-29-37-14-19)21(20-6-4-3-5-17(20)9-27)18-10-28-33(13-18)12-16-7-8-16/h3-6,10-11,13-16,21,34H,7-8,12H2,1-2H3,(H,30,35)/t15-,21+/m0/s1. The molecule has 0 spiro atoms. The van der Waals surface area contributed by atoms with Crippen LogP contribution in [-0.2, 0) is 13.6 Å².